The van der Waals surface area contributed by atoms with Gasteiger partial charge in [-0.2, -0.15) is 0 Å². The summed E-state index contributed by atoms with van der Waals surface area (Å²) < 4.78 is 0. The van der Waals surface area contributed by atoms with Gasteiger partial charge in [0.05, 0.1) is 4.92 Å². The molecule has 2 N–H and O–H groups in total. The van der Waals surface area contributed by atoms with Gasteiger partial charge in [0.15, 0.2) is 0 Å². The van der Waals surface area contributed by atoms with Crippen LogP contribution in [0.4, 0.5) is 11.4 Å². The Morgan fingerprint density at radius 1 is 1.00 bits per heavy atom. The van der Waals surface area contributed by atoms with Gasteiger partial charge in [0.1, 0.15) is 0 Å². The van der Waals surface area contributed by atoms with Crippen molar-refractivity contribution in [3.05, 3.63) is 70.3 Å². The number of non-ortho nitro benzene ring substituents is 1. The minimum Gasteiger partial charge on any atom is -0.385 e. The van der Waals surface area contributed by atoms with Gasteiger partial charge in [0, 0.05) is 36.5 Å². The summed E-state index contributed by atoms with van der Waals surface area (Å²) in [6, 6.07) is 15.3. The molecule has 2 rings (SSSR count). The summed E-state index contributed by atoms with van der Waals surface area (Å²) in [6.07, 6.45) is 0.759. The number of amides is 1. The number of anilines is 1. The van der Waals surface area contributed by atoms with E-state index in [2.05, 4.69) is 10.6 Å². The van der Waals surface area contributed by atoms with E-state index in [0.29, 0.717) is 18.7 Å². The first-order chi connectivity index (χ1) is 10.7. The summed E-state index contributed by atoms with van der Waals surface area (Å²) >= 11 is 0. The Kier molecular flexibility index (Phi) is 5.48. The van der Waals surface area contributed by atoms with Gasteiger partial charge in [-0.15, -0.1) is 0 Å². The lowest BCUT2D eigenvalue weighted by molar-refractivity contribution is -0.384. The van der Waals surface area contributed by atoms with Crippen molar-refractivity contribution in [2.45, 2.75) is 6.42 Å². The molecule has 2 aromatic rings. The summed E-state index contributed by atoms with van der Waals surface area (Å²) in [5.74, 6) is -0.0871. The number of carbonyl (C=O) groups is 1. The molecule has 2 aromatic carbocycles. The molecule has 22 heavy (non-hydrogen) atoms. The lowest BCUT2D eigenvalue weighted by Crippen LogP contribution is -2.25. The lowest BCUT2D eigenvalue weighted by Gasteiger charge is -2.07. The molecule has 0 aliphatic heterocycles. The molecule has 1 amide bonds. The highest BCUT2D eigenvalue weighted by Crippen LogP contribution is 2.15. The maximum absolute atomic E-state index is 11.8. The van der Waals surface area contributed by atoms with E-state index in [1.165, 1.54) is 12.1 Å². The molecule has 114 valence electrons. The fourth-order valence-electron chi connectivity index (χ4n) is 1.92. The zero-order valence-corrected chi connectivity index (χ0v) is 12.0. The van der Waals surface area contributed by atoms with Gasteiger partial charge < -0.3 is 10.6 Å². The van der Waals surface area contributed by atoms with Crippen LogP contribution < -0.4 is 10.6 Å². The van der Waals surface area contributed by atoms with Crippen LogP contribution in [-0.4, -0.2) is 23.9 Å². The van der Waals surface area contributed by atoms with Gasteiger partial charge in [-0.25, -0.2) is 0 Å². The summed E-state index contributed by atoms with van der Waals surface area (Å²) in [5.41, 5.74) is 1.53. The van der Waals surface area contributed by atoms with Crippen molar-refractivity contribution in [1.82, 2.24) is 5.32 Å². The number of benzene rings is 2. The average molecular weight is 299 g/mol. The van der Waals surface area contributed by atoms with E-state index < -0.39 is 4.92 Å². The van der Waals surface area contributed by atoms with E-state index in [1.807, 2.05) is 18.2 Å². The van der Waals surface area contributed by atoms with Crippen molar-refractivity contribution in [2.24, 2.45) is 0 Å². The third-order valence-electron chi connectivity index (χ3n) is 3.08. The molecule has 0 fully saturated rings. The summed E-state index contributed by atoms with van der Waals surface area (Å²) in [6.45, 7) is 1.24. The zero-order chi connectivity index (χ0) is 15.8. The molecule has 0 saturated carbocycles. The van der Waals surface area contributed by atoms with Crippen molar-refractivity contribution in [3.63, 3.8) is 0 Å². The Balaban J connectivity index is 1.67. The number of nitrogens with one attached hydrogen (secondary N) is 2. The minimum atomic E-state index is -0.428. The number of carbonyl (C=O) groups excluding carboxylic acids is 1. The van der Waals surface area contributed by atoms with Crippen molar-refractivity contribution in [2.75, 3.05) is 18.4 Å². The van der Waals surface area contributed by atoms with E-state index in [4.69, 9.17) is 0 Å². The maximum Gasteiger partial charge on any atom is 0.269 e. The number of hydrogen-bond donors (Lipinski definition) is 2. The number of rotatable bonds is 7. The standard InChI is InChI=1S/C16H17N3O3/c20-16(13-5-2-1-3-6-13)18-12-4-11-17-14-7-9-15(10-8-14)19(21)22/h1-3,5-10,17H,4,11-12H2,(H,18,20). The predicted molar refractivity (Wildman–Crippen MR) is 85.0 cm³/mol. The van der Waals surface area contributed by atoms with Crippen LogP contribution in [0.25, 0.3) is 0 Å². The van der Waals surface area contributed by atoms with Gasteiger partial charge in [-0.05, 0) is 30.7 Å². The quantitative estimate of drug-likeness (QED) is 0.468. The van der Waals surface area contributed by atoms with E-state index in [-0.39, 0.29) is 11.6 Å². The van der Waals surface area contributed by atoms with Crippen LogP contribution in [0.5, 0.6) is 0 Å². The molecule has 0 atom stereocenters. The first kappa shape index (κ1) is 15.5. The Bertz CT molecular complexity index is 627. The summed E-state index contributed by atoms with van der Waals surface area (Å²) in [7, 11) is 0. The summed E-state index contributed by atoms with van der Waals surface area (Å²) in [5, 5.41) is 16.5. The highest BCUT2D eigenvalue weighted by Gasteiger charge is 2.04. The van der Waals surface area contributed by atoms with E-state index in [1.54, 1.807) is 24.3 Å². The number of nitro groups is 1. The molecule has 0 bridgehead atoms. The van der Waals surface area contributed by atoms with Crippen LogP contribution >= 0.6 is 0 Å². The fraction of sp³-hybridized carbons (Fsp3) is 0.188. The minimum absolute atomic E-state index is 0.0701. The molecule has 0 aromatic heterocycles. The summed E-state index contributed by atoms with van der Waals surface area (Å²) in [4.78, 5) is 21.9. The maximum atomic E-state index is 11.8. The lowest BCUT2D eigenvalue weighted by atomic mass is 10.2. The number of nitrogens with zero attached hydrogens (tertiary/aromatic N) is 1. The highest BCUT2D eigenvalue weighted by molar-refractivity contribution is 5.94. The van der Waals surface area contributed by atoms with Gasteiger partial charge in [0.25, 0.3) is 11.6 Å². The molecular weight excluding hydrogens is 282 g/mol. The van der Waals surface area contributed by atoms with Crippen LogP contribution in [0, 0.1) is 10.1 Å². The first-order valence-electron chi connectivity index (χ1n) is 6.98. The van der Waals surface area contributed by atoms with Crippen molar-refractivity contribution < 1.29 is 9.72 Å². The second kappa shape index (κ2) is 7.78. The molecule has 0 spiro atoms. The van der Waals surface area contributed by atoms with E-state index >= 15 is 0 Å². The molecule has 6 nitrogen and oxygen atoms in total. The Morgan fingerprint density at radius 3 is 2.32 bits per heavy atom. The van der Waals surface area contributed by atoms with E-state index in [0.717, 1.165) is 12.1 Å². The van der Waals surface area contributed by atoms with Crippen LogP contribution in [-0.2, 0) is 0 Å². The molecule has 6 heteroatoms. The van der Waals surface area contributed by atoms with Gasteiger partial charge in [-0.3, -0.25) is 14.9 Å². The second-order valence-corrected chi connectivity index (χ2v) is 4.71. The van der Waals surface area contributed by atoms with Gasteiger partial charge >= 0.3 is 0 Å². The molecule has 0 aliphatic carbocycles. The smallest absolute Gasteiger partial charge is 0.269 e. The fourth-order valence-corrected chi connectivity index (χ4v) is 1.92. The predicted octanol–water partition coefficient (Wildman–Crippen LogP) is 2.83. The topological polar surface area (TPSA) is 84.3 Å². The van der Waals surface area contributed by atoms with E-state index in [9.17, 15) is 14.9 Å². The van der Waals surface area contributed by atoms with Crippen molar-refractivity contribution in [3.8, 4) is 0 Å². The third kappa shape index (κ3) is 4.59. The second-order valence-electron chi connectivity index (χ2n) is 4.71. The van der Waals surface area contributed by atoms with Crippen molar-refractivity contribution in [1.29, 1.82) is 0 Å². The molecular formula is C16H17N3O3. The van der Waals surface area contributed by atoms with Crippen LogP contribution in [0.15, 0.2) is 54.6 Å². The molecule has 0 radical (unpaired) electrons. The molecule has 0 heterocycles. The van der Waals surface area contributed by atoms with Crippen molar-refractivity contribution >= 4 is 17.3 Å². The van der Waals surface area contributed by atoms with Crippen LogP contribution in [0.2, 0.25) is 0 Å². The Labute approximate surface area is 128 Å². The third-order valence-corrected chi connectivity index (χ3v) is 3.08. The monoisotopic (exact) mass is 299 g/mol. The normalized spacial score (nSPS) is 10.0. The zero-order valence-electron chi connectivity index (χ0n) is 12.0. The molecule has 0 aliphatic rings. The highest BCUT2D eigenvalue weighted by atomic mass is 16.6. The Morgan fingerprint density at radius 2 is 1.68 bits per heavy atom. The number of nitro benzene ring substituents is 1. The first-order valence-corrected chi connectivity index (χ1v) is 6.98. The van der Waals surface area contributed by atoms with Gasteiger partial charge in [0.2, 0.25) is 0 Å². The average Bonchev–Trinajstić information content (AvgIpc) is 2.55. The Hall–Kier alpha value is -2.89. The van der Waals surface area contributed by atoms with Crippen LogP contribution in [0.1, 0.15) is 16.8 Å². The van der Waals surface area contributed by atoms with Crippen LogP contribution in [0.3, 0.4) is 0 Å². The molecule has 0 saturated heterocycles. The number of hydrogen-bond acceptors (Lipinski definition) is 4. The molecule has 0 unspecified atom stereocenters. The SMILES string of the molecule is O=C(NCCCNc1ccc([N+](=O)[O-])cc1)c1ccccc1. The van der Waals surface area contributed by atoms with Gasteiger partial charge in [-0.1, -0.05) is 18.2 Å². The largest absolute Gasteiger partial charge is 0.385 e.